The van der Waals surface area contributed by atoms with E-state index >= 15 is 0 Å². The van der Waals surface area contributed by atoms with Crippen molar-refractivity contribution in [3.05, 3.63) is 33.1 Å². The van der Waals surface area contributed by atoms with Crippen molar-refractivity contribution >= 4 is 11.7 Å². The monoisotopic (exact) mass is 295 g/mol. The zero-order valence-electron chi connectivity index (χ0n) is 12.8. The Bertz CT molecular complexity index is 642. The lowest BCUT2D eigenvalue weighted by Crippen LogP contribution is -2.48. The van der Waals surface area contributed by atoms with Crippen LogP contribution in [0, 0.1) is 5.92 Å². The number of aryl methyl sites for hydroxylation is 1. The molecule has 0 saturated heterocycles. The minimum absolute atomic E-state index is 0.0637. The maximum atomic E-state index is 12.0. The second-order valence-electron chi connectivity index (χ2n) is 5.21. The van der Waals surface area contributed by atoms with E-state index in [0.717, 1.165) is 4.57 Å². The number of amides is 1. The van der Waals surface area contributed by atoms with E-state index in [0.29, 0.717) is 6.54 Å². The number of carbonyl (C=O) groups excluding carboxylic acids is 2. The Balaban J connectivity index is 2.97. The molecular formula is C14H21N3O4. The second kappa shape index (κ2) is 7.01. The average molecular weight is 295 g/mol. The highest BCUT2D eigenvalue weighted by atomic mass is 16.2. The van der Waals surface area contributed by atoms with Gasteiger partial charge in [0.05, 0.1) is 6.04 Å². The van der Waals surface area contributed by atoms with Gasteiger partial charge in [0, 0.05) is 18.8 Å². The van der Waals surface area contributed by atoms with Crippen LogP contribution in [-0.2, 0) is 22.7 Å². The number of carbonyl (C=O) groups is 2. The minimum atomic E-state index is -0.620. The molecule has 21 heavy (non-hydrogen) atoms. The summed E-state index contributed by atoms with van der Waals surface area (Å²) in [6.45, 7) is 6.79. The van der Waals surface area contributed by atoms with Gasteiger partial charge >= 0.3 is 5.69 Å². The van der Waals surface area contributed by atoms with Crippen molar-refractivity contribution in [3.8, 4) is 0 Å². The quantitative estimate of drug-likeness (QED) is 0.784. The molecule has 1 unspecified atom stereocenters. The van der Waals surface area contributed by atoms with Gasteiger partial charge < -0.3 is 9.88 Å². The molecule has 0 aliphatic heterocycles. The van der Waals surface area contributed by atoms with E-state index in [-0.39, 0.29) is 11.7 Å². The number of ketones is 1. The van der Waals surface area contributed by atoms with Gasteiger partial charge in [0.2, 0.25) is 5.91 Å². The van der Waals surface area contributed by atoms with Crippen molar-refractivity contribution in [3.63, 3.8) is 0 Å². The summed E-state index contributed by atoms with van der Waals surface area (Å²) in [6.07, 6.45) is 1.39. The predicted molar refractivity (Wildman–Crippen MR) is 78.1 cm³/mol. The highest BCUT2D eigenvalue weighted by Crippen LogP contribution is 2.02. The van der Waals surface area contributed by atoms with Gasteiger partial charge in [0.1, 0.15) is 6.54 Å². The topological polar surface area (TPSA) is 90.2 Å². The Kier molecular flexibility index (Phi) is 5.63. The first-order chi connectivity index (χ1) is 9.77. The first-order valence-corrected chi connectivity index (χ1v) is 6.88. The van der Waals surface area contributed by atoms with Gasteiger partial charge in [-0.2, -0.15) is 0 Å². The predicted octanol–water partition coefficient (Wildman–Crippen LogP) is -0.240. The number of rotatable bonds is 6. The maximum Gasteiger partial charge on any atom is 0.331 e. The number of aromatic nitrogens is 2. The number of hydrogen-bond donors (Lipinski definition) is 1. The van der Waals surface area contributed by atoms with Gasteiger partial charge in [-0.25, -0.2) is 4.79 Å². The molecule has 1 aromatic rings. The fourth-order valence-electron chi connectivity index (χ4n) is 2.04. The van der Waals surface area contributed by atoms with Crippen LogP contribution in [0.1, 0.15) is 27.7 Å². The van der Waals surface area contributed by atoms with Crippen molar-refractivity contribution in [1.29, 1.82) is 0 Å². The standard InChI is InChI=1S/C14H21N3O4/c1-5-16-7-6-12(20)17(14(16)21)8-11(19)15-13(9(2)3)10(4)18/h6-7,9,13H,5,8H2,1-4H3,(H,15,19). The van der Waals surface area contributed by atoms with Gasteiger partial charge in [-0.3, -0.25) is 19.0 Å². The normalized spacial score (nSPS) is 12.2. The van der Waals surface area contributed by atoms with E-state index in [2.05, 4.69) is 5.32 Å². The van der Waals surface area contributed by atoms with Crippen molar-refractivity contribution in [2.75, 3.05) is 0 Å². The lowest BCUT2D eigenvalue weighted by Gasteiger charge is -2.19. The summed E-state index contributed by atoms with van der Waals surface area (Å²) in [7, 11) is 0. The molecule has 0 aliphatic rings. The molecule has 0 aromatic carbocycles. The van der Waals surface area contributed by atoms with Crippen LogP contribution in [0.3, 0.4) is 0 Å². The molecule has 0 aliphatic carbocycles. The molecule has 1 aromatic heterocycles. The highest BCUT2D eigenvalue weighted by Gasteiger charge is 2.21. The number of nitrogens with one attached hydrogen (secondary N) is 1. The van der Waals surface area contributed by atoms with Crippen LogP contribution in [-0.4, -0.2) is 26.9 Å². The summed E-state index contributed by atoms with van der Waals surface area (Å²) in [6, 6.07) is 0.619. The van der Waals surface area contributed by atoms with Gasteiger partial charge in [0.25, 0.3) is 5.56 Å². The highest BCUT2D eigenvalue weighted by molar-refractivity contribution is 5.87. The van der Waals surface area contributed by atoms with E-state index in [4.69, 9.17) is 0 Å². The van der Waals surface area contributed by atoms with Gasteiger partial charge in [-0.15, -0.1) is 0 Å². The van der Waals surface area contributed by atoms with Gasteiger partial charge in [-0.1, -0.05) is 13.8 Å². The van der Waals surface area contributed by atoms with Crippen molar-refractivity contribution in [2.24, 2.45) is 5.92 Å². The van der Waals surface area contributed by atoms with E-state index in [1.165, 1.54) is 23.8 Å². The summed E-state index contributed by atoms with van der Waals surface area (Å²) in [5, 5.41) is 2.56. The fourth-order valence-corrected chi connectivity index (χ4v) is 2.04. The molecule has 116 valence electrons. The number of hydrogen-bond acceptors (Lipinski definition) is 4. The zero-order valence-corrected chi connectivity index (χ0v) is 12.8. The zero-order chi connectivity index (χ0) is 16.2. The van der Waals surface area contributed by atoms with Crippen LogP contribution in [0.2, 0.25) is 0 Å². The molecule has 1 rings (SSSR count). The summed E-state index contributed by atoms with van der Waals surface area (Å²) in [5.41, 5.74) is -1.08. The fraction of sp³-hybridized carbons (Fsp3) is 0.571. The third-order valence-electron chi connectivity index (χ3n) is 3.20. The van der Waals surface area contributed by atoms with Crippen LogP contribution in [0.25, 0.3) is 0 Å². The van der Waals surface area contributed by atoms with Crippen LogP contribution >= 0.6 is 0 Å². The summed E-state index contributed by atoms with van der Waals surface area (Å²) < 4.78 is 2.19. The first-order valence-electron chi connectivity index (χ1n) is 6.88. The number of Topliss-reactive ketones (excluding diaryl/α,β-unsaturated/α-hetero) is 1. The van der Waals surface area contributed by atoms with E-state index in [9.17, 15) is 19.2 Å². The molecule has 0 radical (unpaired) electrons. The Morgan fingerprint density at radius 2 is 1.90 bits per heavy atom. The molecule has 0 bridgehead atoms. The van der Waals surface area contributed by atoms with E-state index < -0.39 is 29.7 Å². The van der Waals surface area contributed by atoms with Gasteiger partial charge in [0.15, 0.2) is 5.78 Å². The maximum absolute atomic E-state index is 12.0. The average Bonchev–Trinajstić information content (AvgIpc) is 2.40. The molecule has 0 saturated carbocycles. The Morgan fingerprint density at radius 3 is 2.38 bits per heavy atom. The molecule has 1 amide bonds. The van der Waals surface area contributed by atoms with Crippen molar-refractivity contribution in [1.82, 2.24) is 14.5 Å². The molecule has 1 heterocycles. The molecule has 1 atom stereocenters. The Morgan fingerprint density at radius 1 is 1.29 bits per heavy atom. The second-order valence-corrected chi connectivity index (χ2v) is 5.21. The lowest BCUT2D eigenvalue weighted by atomic mass is 10.0. The molecule has 7 heteroatoms. The third kappa shape index (κ3) is 4.14. The van der Waals surface area contributed by atoms with Crippen LogP contribution in [0.15, 0.2) is 21.9 Å². The van der Waals surface area contributed by atoms with Crippen molar-refractivity contribution in [2.45, 2.75) is 46.8 Å². The van der Waals surface area contributed by atoms with Crippen LogP contribution < -0.4 is 16.6 Å². The summed E-state index contributed by atoms with van der Waals surface area (Å²) >= 11 is 0. The summed E-state index contributed by atoms with van der Waals surface area (Å²) in [5.74, 6) is -0.757. The molecular weight excluding hydrogens is 274 g/mol. The SMILES string of the molecule is CCn1ccc(=O)n(CC(=O)NC(C(C)=O)C(C)C)c1=O. The third-order valence-corrected chi connectivity index (χ3v) is 3.20. The number of nitrogens with zero attached hydrogens (tertiary/aromatic N) is 2. The van der Waals surface area contributed by atoms with Crippen LogP contribution in [0.5, 0.6) is 0 Å². The molecule has 1 N–H and O–H groups in total. The Hall–Kier alpha value is -2.18. The molecule has 7 nitrogen and oxygen atoms in total. The summed E-state index contributed by atoms with van der Waals surface area (Å²) in [4.78, 5) is 47.1. The largest absolute Gasteiger partial charge is 0.344 e. The van der Waals surface area contributed by atoms with Gasteiger partial charge in [-0.05, 0) is 19.8 Å². The van der Waals surface area contributed by atoms with E-state index in [1.54, 1.807) is 6.92 Å². The molecule has 0 fully saturated rings. The smallest absolute Gasteiger partial charge is 0.331 e. The van der Waals surface area contributed by atoms with Crippen LogP contribution in [0.4, 0.5) is 0 Å². The molecule has 0 spiro atoms. The van der Waals surface area contributed by atoms with E-state index in [1.807, 2.05) is 13.8 Å². The lowest BCUT2D eigenvalue weighted by molar-refractivity contribution is -0.128. The first kappa shape index (κ1) is 16.9. The Labute approximate surface area is 122 Å². The minimum Gasteiger partial charge on any atom is -0.344 e. The van der Waals surface area contributed by atoms with Crippen molar-refractivity contribution < 1.29 is 9.59 Å².